The predicted molar refractivity (Wildman–Crippen MR) is 50.3 cm³/mol. The van der Waals surface area contributed by atoms with Crippen LogP contribution in [0.5, 0.6) is 0 Å². The molecule has 74 valence electrons. The van der Waals surface area contributed by atoms with E-state index in [0.29, 0.717) is 12.0 Å². The lowest BCUT2D eigenvalue weighted by molar-refractivity contribution is -0.137. The van der Waals surface area contributed by atoms with Gasteiger partial charge in [0.2, 0.25) is 0 Å². The summed E-state index contributed by atoms with van der Waals surface area (Å²) in [6.07, 6.45) is 2.22. The second kappa shape index (κ2) is 4.50. The molecule has 0 saturated heterocycles. The largest absolute Gasteiger partial charge is 0.481 e. The monoisotopic (exact) mass is 193 g/mol. The van der Waals surface area contributed by atoms with Gasteiger partial charge < -0.3 is 5.11 Å². The highest BCUT2D eigenvalue weighted by Gasteiger charge is 2.10. The predicted octanol–water partition coefficient (Wildman–Crippen LogP) is 1.47. The molecule has 1 atom stereocenters. The minimum atomic E-state index is -0.845. The van der Waals surface area contributed by atoms with E-state index >= 15 is 0 Å². The molecule has 0 aliphatic heterocycles. The van der Waals surface area contributed by atoms with Crippen molar-refractivity contribution in [1.82, 2.24) is 4.98 Å². The molecular weight excluding hydrogens is 182 g/mol. The lowest BCUT2D eigenvalue weighted by Gasteiger charge is -2.08. The minimum Gasteiger partial charge on any atom is -0.481 e. The van der Waals surface area contributed by atoms with Crippen LogP contribution >= 0.6 is 0 Å². The molecule has 4 nitrogen and oxygen atoms in total. The summed E-state index contributed by atoms with van der Waals surface area (Å²) in [5, 5.41) is 8.59. The number of carbonyl (C=O) groups excluding carboxylic acids is 1. The topological polar surface area (TPSA) is 67.3 Å². The van der Waals surface area contributed by atoms with Crippen molar-refractivity contribution in [3.63, 3.8) is 0 Å². The maximum absolute atomic E-state index is 10.5. The van der Waals surface area contributed by atoms with Crippen molar-refractivity contribution in [3.8, 4) is 0 Å². The van der Waals surface area contributed by atoms with Crippen molar-refractivity contribution in [2.24, 2.45) is 0 Å². The summed E-state index contributed by atoms with van der Waals surface area (Å²) in [7, 11) is 0. The molecule has 0 fully saturated rings. The second-order valence-electron chi connectivity index (χ2n) is 3.13. The maximum atomic E-state index is 10.5. The molecule has 1 N–H and O–H groups in total. The first-order chi connectivity index (χ1) is 6.63. The number of pyridine rings is 1. The normalized spacial score (nSPS) is 12.1. The van der Waals surface area contributed by atoms with Crippen molar-refractivity contribution in [3.05, 3.63) is 29.6 Å². The highest BCUT2D eigenvalue weighted by molar-refractivity contribution is 5.72. The third-order valence-corrected chi connectivity index (χ3v) is 1.98. The van der Waals surface area contributed by atoms with Crippen LogP contribution in [0.3, 0.4) is 0 Å². The van der Waals surface area contributed by atoms with Crippen molar-refractivity contribution >= 4 is 12.3 Å². The molecular formula is C10H11NO3. The molecule has 0 amide bonds. The van der Waals surface area contributed by atoms with Gasteiger partial charge in [-0.2, -0.15) is 0 Å². The molecule has 1 aromatic rings. The summed E-state index contributed by atoms with van der Waals surface area (Å²) in [5.74, 6) is -0.948. The number of carboxylic acids is 1. The molecule has 4 heteroatoms. The van der Waals surface area contributed by atoms with Gasteiger partial charge in [-0.1, -0.05) is 6.92 Å². The van der Waals surface area contributed by atoms with Crippen LogP contribution in [0.25, 0.3) is 0 Å². The van der Waals surface area contributed by atoms with E-state index in [2.05, 4.69) is 4.98 Å². The number of hydrogen-bond acceptors (Lipinski definition) is 3. The van der Waals surface area contributed by atoms with Gasteiger partial charge in [-0.15, -0.1) is 0 Å². The van der Waals surface area contributed by atoms with Crippen LogP contribution in [0.4, 0.5) is 0 Å². The standard InChI is InChI=1S/C10H11NO3/c1-7(4-10(13)14)8-2-3-11-9(5-8)6-12/h2-3,5-7H,4H2,1H3,(H,13,14). The summed E-state index contributed by atoms with van der Waals surface area (Å²) in [4.78, 5) is 24.7. The third kappa shape index (κ3) is 2.65. The van der Waals surface area contributed by atoms with Crippen molar-refractivity contribution in [2.45, 2.75) is 19.3 Å². The van der Waals surface area contributed by atoms with Crippen molar-refractivity contribution in [1.29, 1.82) is 0 Å². The fourth-order valence-corrected chi connectivity index (χ4v) is 1.22. The van der Waals surface area contributed by atoms with E-state index in [1.54, 1.807) is 19.1 Å². The zero-order chi connectivity index (χ0) is 10.6. The Kier molecular flexibility index (Phi) is 3.34. The van der Waals surface area contributed by atoms with Gasteiger partial charge in [-0.3, -0.25) is 14.6 Å². The summed E-state index contributed by atoms with van der Waals surface area (Å²) < 4.78 is 0. The molecule has 1 heterocycles. The van der Waals surface area contributed by atoms with Crippen LogP contribution < -0.4 is 0 Å². The summed E-state index contributed by atoms with van der Waals surface area (Å²) in [5.41, 5.74) is 1.16. The van der Waals surface area contributed by atoms with Crippen LogP contribution in [0, 0.1) is 0 Å². The first kappa shape index (κ1) is 10.4. The van der Waals surface area contributed by atoms with Crippen molar-refractivity contribution < 1.29 is 14.7 Å². The number of carbonyl (C=O) groups is 2. The van der Waals surface area contributed by atoms with Crippen LogP contribution in [0.2, 0.25) is 0 Å². The lowest BCUT2D eigenvalue weighted by Crippen LogP contribution is -2.03. The molecule has 0 saturated carbocycles. The highest BCUT2D eigenvalue weighted by atomic mass is 16.4. The molecule has 0 spiro atoms. The van der Waals surface area contributed by atoms with E-state index in [-0.39, 0.29) is 12.3 Å². The van der Waals surface area contributed by atoms with Crippen LogP contribution in [-0.4, -0.2) is 22.3 Å². The van der Waals surface area contributed by atoms with E-state index in [4.69, 9.17) is 5.11 Å². The van der Waals surface area contributed by atoms with Gasteiger partial charge in [0, 0.05) is 6.20 Å². The first-order valence-electron chi connectivity index (χ1n) is 4.26. The Morgan fingerprint density at radius 3 is 3.00 bits per heavy atom. The second-order valence-corrected chi connectivity index (χ2v) is 3.13. The van der Waals surface area contributed by atoms with E-state index in [0.717, 1.165) is 5.56 Å². The number of aldehydes is 1. The smallest absolute Gasteiger partial charge is 0.303 e. The average molecular weight is 193 g/mol. The number of aliphatic carboxylic acids is 1. The fraction of sp³-hybridized carbons (Fsp3) is 0.300. The third-order valence-electron chi connectivity index (χ3n) is 1.98. The summed E-state index contributed by atoms with van der Waals surface area (Å²) in [6, 6.07) is 3.33. The van der Waals surface area contributed by atoms with Gasteiger partial charge in [-0.25, -0.2) is 0 Å². The number of rotatable bonds is 4. The molecule has 0 radical (unpaired) electrons. The van der Waals surface area contributed by atoms with Gasteiger partial charge in [0.15, 0.2) is 6.29 Å². The van der Waals surface area contributed by atoms with Crippen molar-refractivity contribution in [2.75, 3.05) is 0 Å². The van der Waals surface area contributed by atoms with Crippen LogP contribution in [0.15, 0.2) is 18.3 Å². The van der Waals surface area contributed by atoms with Crippen LogP contribution in [-0.2, 0) is 4.79 Å². The fourth-order valence-electron chi connectivity index (χ4n) is 1.22. The molecule has 0 aliphatic carbocycles. The SMILES string of the molecule is CC(CC(=O)O)c1ccnc(C=O)c1. The molecule has 1 unspecified atom stereocenters. The lowest BCUT2D eigenvalue weighted by atomic mass is 9.98. The molecule has 0 bridgehead atoms. The summed E-state index contributed by atoms with van der Waals surface area (Å²) in [6.45, 7) is 1.80. The molecule has 1 rings (SSSR count). The molecule has 14 heavy (non-hydrogen) atoms. The number of nitrogens with zero attached hydrogens (tertiary/aromatic N) is 1. The summed E-state index contributed by atoms with van der Waals surface area (Å²) >= 11 is 0. The zero-order valence-corrected chi connectivity index (χ0v) is 7.80. The van der Waals surface area contributed by atoms with E-state index < -0.39 is 5.97 Å². The Morgan fingerprint density at radius 1 is 1.71 bits per heavy atom. The highest BCUT2D eigenvalue weighted by Crippen LogP contribution is 2.18. The molecule has 0 aromatic carbocycles. The van der Waals surface area contributed by atoms with E-state index in [9.17, 15) is 9.59 Å². The Balaban J connectivity index is 2.83. The van der Waals surface area contributed by atoms with E-state index in [1.165, 1.54) is 6.20 Å². The maximum Gasteiger partial charge on any atom is 0.303 e. The quantitative estimate of drug-likeness (QED) is 0.735. The zero-order valence-electron chi connectivity index (χ0n) is 7.80. The molecule has 1 aromatic heterocycles. The molecule has 0 aliphatic rings. The minimum absolute atomic E-state index is 0.0578. The number of carboxylic acid groups (broad SMARTS) is 1. The Labute approximate surface area is 81.6 Å². The van der Waals surface area contributed by atoms with Gasteiger partial charge in [0.1, 0.15) is 5.69 Å². The van der Waals surface area contributed by atoms with E-state index in [1.807, 2.05) is 0 Å². The average Bonchev–Trinajstić information content (AvgIpc) is 2.17. The number of hydrogen-bond donors (Lipinski definition) is 1. The van der Waals surface area contributed by atoms with Crippen LogP contribution in [0.1, 0.15) is 35.3 Å². The Morgan fingerprint density at radius 2 is 2.43 bits per heavy atom. The number of aromatic nitrogens is 1. The Hall–Kier alpha value is -1.71. The Bertz CT molecular complexity index is 349. The van der Waals surface area contributed by atoms with Gasteiger partial charge in [0.05, 0.1) is 6.42 Å². The first-order valence-corrected chi connectivity index (χ1v) is 4.26. The van der Waals surface area contributed by atoms with Gasteiger partial charge in [0.25, 0.3) is 0 Å². The van der Waals surface area contributed by atoms with Gasteiger partial charge >= 0.3 is 5.97 Å². The van der Waals surface area contributed by atoms with Gasteiger partial charge in [-0.05, 0) is 23.6 Å².